The number of nitrogens with one attached hydrogen (secondary N) is 1. The van der Waals surface area contributed by atoms with Crippen LogP contribution in [0.2, 0.25) is 0 Å². The Bertz CT molecular complexity index is 3800. The summed E-state index contributed by atoms with van der Waals surface area (Å²) < 4.78 is 125. The Morgan fingerprint density at radius 2 is 1.33 bits per heavy atom. The van der Waals surface area contributed by atoms with Gasteiger partial charge in [0.05, 0.1) is 73.8 Å². The van der Waals surface area contributed by atoms with E-state index in [0.29, 0.717) is 66.6 Å². The number of azo groups is 1. The molecule has 86 heavy (non-hydrogen) atoms. The molecule has 446 valence electrons. The van der Waals surface area contributed by atoms with Gasteiger partial charge in [0, 0.05) is 22.4 Å². The fourth-order valence-corrected chi connectivity index (χ4v) is 18.9. The van der Waals surface area contributed by atoms with Crippen LogP contribution in [0.25, 0.3) is 25.6 Å². The van der Waals surface area contributed by atoms with Crippen molar-refractivity contribution in [2.24, 2.45) is 69.4 Å². The zero-order chi connectivity index (χ0) is 60.5. The first-order valence-electron chi connectivity index (χ1n) is 27.0. The fraction of sp³-hybridized carbons (Fsp3) is 0.574. The summed E-state index contributed by atoms with van der Waals surface area (Å²) in [5.41, 5.74) is 1.23. The molecular weight excluding hydrogens is 1200 g/mol. The third-order valence-electron chi connectivity index (χ3n) is 16.3. The quantitative estimate of drug-likeness (QED) is 0.0264. The molecule has 0 saturated heterocycles. The third kappa shape index (κ3) is 15.9. The number of thiazole rings is 2. The Hall–Kier alpha value is -2.38. The summed E-state index contributed by atoms with van der Waals surface area (Å²) in [6.07, 6.45) is 0.676. The first kappa shape index (κ1) is 76.1. The third-order valence-corrected chi connectivity index (χ3v) is 22.6. The average Bonchev–Trinajstić information content (AvgIpc) is 1.25. The van der Waals surface area contributed by atoms with E-state index in [1.54, 1.807) is 45.0 Å². The minimum atomic E-state index is -4.96. The smallest absolute Gasteiger partial charge is 0.748 e. The zero-order valence-electron chi connectivity index (χ0n) is 51.9. The minimum Gasteiger partial charge on any atom is -0.748 e. The molecule has 0 spiro atoms. The van der Waals surface area contributed by atoms with Gasteiger partial charge in [-0.15, -0.1) is 10.2 Å². The van der Waals surface area contributed by atoms with E-state index in [2.05, 4.69) is 20.8 Å². The molecular formula is C54H68Li4N10O12S6. The Kier molecular flexibility index (Phi) is 26.1. The predicted octanol–water partition coefficient (Wildman–Crippen LogP) is -1.19. The van der Waals surface area contributed by atoms with Gasteiger partial charge in [0.1, 0.15) is 33.3 Å². The van der Waals surface area contributed by atoms with Crippen molar-refractivity contribution in [3.05, 3.63) is 59.3 Å². The molecule has 32 heteroatoms. The minimum absolute atomic E-state index is 0. The normalized spacial score (nSPS) is 23.1. The van der Waals surface area contributed by atoms with E-state index < -0.39 is 92.8 Å². The number of benzene rings is 2. The molecule has 2 fully saturated rings. The number of aryl methyl sites for hydroxylation is 1. The molecule has 6 aromatic rings. The molecule has 2 aromatic carbocycles. The molecule has 4 aromatic heterocycles. The van der Waals surface area contributed by atoms with Gasteiger partial charge in [0.25, 0.3) is 0 Å². The van der Waals surface area contributed by atoms with Crippen molar-refractivity contribution in [1.82, 2.24) is 24.7 Å². The Morgan fingerprint density at radius 1 is 0.767 bits per heavy atom. The molecule has 0 amide bonds. The average molecular weight is 1270 g/mol. The van der Waals surface area contributed by atoms with Gasteiger partial charge in [-0.3, -0.25) is 9.94 Å². The summed E-state index contributed by atoms with van der Waals surface area (Å²) in [5, 5.41) is 41.4. The van der Waals surface area contributed by atoms with E-state index in [4.69, 9.17) is 30.3 Å². The summed E-state index contributed by atoms with van der Waals surface area (Å²) in [6.45, 7) is 26.6. The van der Waals surface area contributed by atoms with Crippen LogP contribution in [0.5, 0.6) is 0 Å². The van der Waals surface area contributed by atoms with Gasteiger partial charge in [0.15, 0.2) is 16.8 Å². The van der Waals surface area contributed by atoms with Crippen molar-refractivity contribution in [1.29, 1.82) is 5.26 Å². The number of nitrogens with zero attached hydrogens (tertiary/aromatic N) is 9. The number of pyridine rings is 1. The summed E-state index contributed by atoms with van der Waals surface area (Å²) in [4.78, 5) is 17.2. The number of aromatic nitrogens is 5. The molecule has 0 radical (unpaired) electrons. The van der Waals surface area contributed by atoms with Gasteiger partial charge in [0.2, 0.25) is 5.13 Å². The monoisotopic (exact) mass is 1270 g/mol. The maximum absolute atomic E-state index is 13.6. The number of hydrogen-bond donors (Lipinski definition) is 1. The van der Waals surface area contributed by atoms with E-state index >= 15 is 0 Å². The van der Waals surface area contributed by atoms with E-state index in [0.717, 1.165) is 11.3 Å². The SMILES string of the molecule is Cc1cc(N(c2nc3ccc(S(=O)(=O)[O-])cc3s2)C2C(C(C)C)CC(C)C(S(=O)(=O)[O-])C2C(C)C)nc(NC2C(C(C)C)CC(C)C(S(=O)(=O)[O-])C2C(C)C)c1N=Nc1c(C#N)c(C(C)(C)C)nn1-c1nc2ccc(SOO[O-])cc2s1.[Li+].[Li+].[Li+].[Li+]. The standard InChI is InChI=1S/C54H72N10O12S6.4Li/c1-25(2)34-19-30(10)47(81(69,70)71)42(27(5)6)45(34)59-50-44(60-61-51-36(24-55)49(54(12,13)14)62-64(51)53-57-37-17-15-32(79-76-75-65)22-39(37)78-53)29(9)21-41(58-50)63(52-56-38-18-16-33(80(66,67)68)23-40(38)77-52)46-35(26(3)4)20-31(11)48(82(72,73)74)43(46)28(7)8;;;;/h15-18,21-23,25-28,30-31,34-35,42-43,45-48,65H,19-20H2,1-14H3,(H,58,59)(H,66,67,68)(H,69,70,71)(H,72,73,74);;;;/q;4*+1/p-4. The van der Waals surface area contributed by atoms with Crippen molar-refractivity contribution < 1.29 is 129 Å². The van der Waals surface area contributed by atoms with E-state index in [-0.39, 0.29) is 139 Å². The summed E-state index contributed by atoms with van der Waals surface area (Å²) in [5.74, 6) is -3.87. The van der Waals surface area contributed by atoms with E-state index in [9.17, 15) is 49.4 Å². The topological polar surface area (TPSA) is 333 Å². The van der Waals surface area contributed by atoms with Gasteiger partial charge >= 0.3 is 75.4 Å². The van der Waals surface area contributed by atoms with Gasteiger partial charge in [-0.25, -0.2) is 40.2 Å². The van der Waals surface area contributed by atoms with Crippen molar-refractivity contribution in [3.8, 4) is 11.2 Å². The molecule has 0 aliphatic heterocycles. The van der Waals surface area contributed by atoms with Crippen LogP contribution in [0.15, 0.2) is 62.5 Å². The molecule has 4 heterocycles. The molecule has 0 bridgehead atoms. The Labute approximate surface area is 565 Å². The fourth-order valence-electron chi connectivity index (χ4n) is 12.7. The summed E-state index contributed by atoms with van der Waals surface area (Å²) in [7, 11) is -14.8. The second-order valence-corrected chi connectivity index (χ2v) is 31.5. The van der Waals surface area contributed by atoms with Crippen LogP contribution in [-0.2, 0) is 45.1 Å². The maximum Gasteiger partial charge on any atom is 1.00 e. The predicted molar refractivity (Wildman–Crippen MR) is 310 cm³/mol. The molecule has 1 N–H and O–H groups in total. The number of fused-ring (bicyclic) bond motifs is 2. The van der Waals surface area contributed by atoms with Crippen molar-refractivity contribution in [2.75, 3.05) is 10.2 Å². The van der Waals surface area contributed by atoms with Crippen LogP contribution in [0.3, 0.4) is 0 Å². The molecule has 10 atom stereocenters. The van der Waals surface area contributed by atoms with E-state index in [1.165, 1.54) is 34.2 Å². The number of rotatable bonds is 18. The van der Waals surface area contributed by atoms with Crippen LogP contribution in [0, 0.1) is 77.4 Å². The first-order chi connectivity index (χ1) is 38.2. The maximum atomic E-state index is 13.6. The van der Waals surface area contributed by atoms with Gasteiger partial charge in [-0.2, -0.15) is 19.4 Å². The van der Waals surface area contributed by atoms with Gasteiger partial charge in [-0.05, 0) is 127 Å². The molecule has 22 nitrogen and oxygen atoms in total. The van der Waals surface area contributed by atoms with Crippen molar-refractivity contribution >= 4 is 114 Å². The van der Waals surface area contributed by atoms with Gasteiger partial charge in [-0.1, -0.05) is 113 Å². The Morgan fingerprint density at radius 3 is 1.86 bits per heavy atom. The Balaban J connectivity index is 0.00000396. The molecule has 10 unspecified atom stereocenters. The largest absolute Gasteiger partial charge is 1.00 e. The molecule has 2 aliphatic rings. The van der Waals surface area contributed by atoms with Crippen LogP contribution >= 0.6 is 34.7 Å². The number of anilines is 3. The first-order valence-corrected chi connectivity index (χ1v) is 33.7. The second-order valence-electron chi connectivity index (χ2n) is 24.3. The van der Waals surface area contributed by atoms with E-state index in [1.807, 2.05) is 81.1 Å². The number of hydrogen-bond acceptors (Lipinski definition) is 24. The molecule has 2 aliphatic carbocycles. The summed E-state index contributed by atoms with van der Waals surface area (Å²) >= 11 is 2.98. The molecule has 2 saturated carbocycles. The number of nitriles is 1. The van der Waals surface area contributed by atoms with Crippen LogP contribution < -0.4 is 90.9 Å². The second kappa shape index (κ2) is 29.5. The van der Waals surface area contributed by atoms with Crippen LogP contribution in [0.4, 0.5) is 28.3 Å². The molecule has 8 rings (SSSR count). The van der Waals surface area contributed by atoms with Crippen LogP contribution in [-0.4, -0.2) is 86.2 Å². The summed E-state index contributed by atoms with van der Waals surface area (Å²) in [6, 6.07) is 11.4. The van der Waals surface area contributed by atoms with Crippen molar-refractivity contribution in [3.63, 3.8) is 0 Å². The van der Waals surface area contributed by atoms with Gasteiger partial charge < -0.3 is 24.2 Å². The van der Waals surface area contributed by atoms with Crippen LogP contribution in [0.1, 0.15) is 120 Å². The van der Waals surface area contributed by atoms with Crippen molar-refractivity contribution in [2.45, 2.75) is 148 Å². The zero-order valence-corrected chi connectivity index (χ0v) is 56.8.